The van der Waals surface area contributed by atoms with E-state index in [0.717, 1.165) is 21.9 Å². The van der Waals surface area contributed by atoms with Crippen LogP contribution in [-0.2, 0) is 16.0 Å². The van der Waals surface area contributed by atoms with E-state index >= 15 is 0 Å². The molecule has 0 saturated carbocycles. The van der Waals surface area contributed by atoms with Crippen LogP contribution in [0.1, 0.15) is 16.5 Å². The van der Waals surface area contributed by atoms with Gasteiger partial charge in [0.2, 0.25) is 5.96 Å². The number of fused-ring (bicyclic) bond motifs is 1. The second kappa shape index (κ2) is 7.42. The first-order valence-corrected chi connectivity index (χ1v) is 9.51. The number of carbonyl (C=O) groups is 2. The van der Waals surface area contributed by atoms with Gasteiger partial charge in [0, 0.05) is 20.6 Å². The summed E-state index contributed by atoms with van der Waals surface area (Å²) in [6.45, 7) is -3.42. The van der Waals surface area contributed by atoms with Crippen molar-refractivity contribution in [3.8, 4) is 5.75 Å². The molecule has 0 unspecified atom stereocenters. The third kappa shape index (κ3) is 3.95. The predicted molar refractivity (Wildman–Crippen MR) is 108 cm³/mol. The van der Waals surface area contributed by atoms with Crippen molar-refractivity contribution >= 4 is 46.7 Å². The molecule has 0 aliphatic carbocycles. The number of aliphatic imine (C=N–C) groups is 1. The van der Waals surface area contributed by atoms with Crippen molar-refractivity contribution in [2.75, 3.05) is 11.4 Å². The predicted octanol–water partition coefficient (Wildman–Crippen LogP) is 4.44. The van der Waals surface area contributed by atoms with Gasteiger partial charge < -0.3 is 4.74 Å². The number of amides is 2. The molecule has 0 bridgehead atoms. The van der Waals surface area contributed by atoms with Crippen molar-refractivity contribution in [3.63, 3.8) is 0 Å². The number of hydrogen-bond donors (Lipinski definition) is 0. The number of benzene rings is 2. The van der Waals surface area contributed by atoms with Crippen molar-refractivity contribution in [1.82, 2.24) is 4.90 Å². The number of nitrogens with zero attached hydrogens (tertiary/aromatic N) is 3. The van der Waals surface area contributed by atoms with Gasteiger partial charge in [0.25, 0.3) is 11.8 Å². The topological polar surface area (TPSA) is 62.2 Å². The molecule has 0 aromatic heterocycles. The number of guanidine groups is 1. The molecule has 1 atom stereocenters. The van der Waals surface area contributed by atoms with E-state index in [1.54, 1.807) is 0 Å². The van der Waals surface area contributed by atoms with E-state index in [1.165, 1.54) is 30.3 Å². The summed E-state index contributed by atoms with van der Waals surface area (Å²) >= 11 is 12.1. The van der Waals surface area contributed by atoms with E-state index in [4.69, 9.17) is 27.3 Å². The SMILES string of the molecule is [2H]C([2H])([2H])[C@@]1(Cc2ccc(OC(F)(F)F)cc2)C(=O)N(c2cc(Cl)cc(Cl)c2)C2=N[13CH2][13C](=O)N21. The molecular weight excluding hydrogens is 460 g/mol. The molecule has 2 heterocycles. The van der Waals surface area contributed by atoms with Crippen molar-refractivity contribution in [3.05, 3.63) is 58.1 Å². The molecule has 2 aliphatic heterocycles. The Balaban J connectivity index is 1.80. The molecular formula is C20H14Cl2F3N3O3. The molecule has 2 aromatic carbocycles. The van der Waals surface area contributed by atoms with Gasteiger partial charge in [0.15, 0.2) is 0 Å². The van der Waals surface area contributed by atoms with Crippen molar-refractivity contribution in [2.45, 2.75) is 25.2 Å². The maximum atomic E-state index is 13.7. The first kappa shape index (κ1) is 17.9. The summed E-state index contributed by atoms with van der Waals surface area (Å²) in [4.78, 5) is 32.4. The lowest BCUT2D eigenvalue weighted by Gasteiger charge is -2.29. The van der Waals surface area contributed by atoms with E-state index in [2.05, 4.69) is 9.73 Å². The van der Waals surface area contributed by atoms with Crippen molar-refractivity contribution in [2.24, 2.45) is 4.99 Å². The molecule has 2 aromatic rings. The fourth-order valence-electron chi connectivity index (χ4n) is 3.48. The minimum Gasteiger partial charge on any atom is -0.406 e. The summed E-state index contributed by atoms with van der Waals surface area (Å²) in [5.41, 5.74) is -2.11. The zero-order valence-electron chi connectivity index (χ0n) is 18.4. The summed E-state index contributed by atoms with van der Waals surface area (Å²) in [7, 11) is 0. The second-order valence-corrected chi connectivity index (χ2v) is 7.72. The third-order valence-corrected chi connectivity index (χ3v) is 5.10. The first-order chi connectivity index (χ1) is 15.7. The van der Waals surface area contributed by atoms with Crippen LogP contribution in [0.3, 0.4) is 0 Å². The monoisotopic (exact) mass is 476 g/mol. The number of anilines is 1. The Morgan fingerprint density at radius 3 is 2.39 bits per heavy atom. The normalized spacial score (nSPS) is 22.7. The smallest absolute Gasteiger partial charge is 0.406 e. The molecule has 4 rings (SSSR count). The summed E-state index contributed by atoms with van der Waals surface area (Å²) in [6.07, 6.45) is -5.43. The maximum absolute atomic E-state index is 13.7. The number of halogens is 5. The fraction of sp³-hybridized carbons (Fsp3) is 0.250. The van der Waals surface area contributed by atoms with Crippen LogP contribution in [0, 0.1) is 0 Å². The molecule has 6 nitrogen and oxygen atoms in total. The van der Waals surface area contributed by atoms with Gasteiger partial charge in [-0.1, -0.05) is 35.3 Å². The van der Waals surface area contributed by atoms with Gasteiger partial charge in [0.05, 0.1) is 5.69 Å². The maximum Gasteiger partial charge on any atom is 0.573 e. The molecule has 1 fully saturated rings. The molecule has 1 saturated heterocycles. The Kier molecular flexibility index (Phi) is 4.27. The average Bonchev–Trinajstić information content (AvgIpc) is 3.17. The molecule has 11 heteroatoms. The van der Waals surface area contributed by atoms with Crippen LogP contribution in [0.25, 0.3) is 0 Å². The van der Waals surface area contributed by atoms with Crippen molar-refractivity contribution in [1.29, 1.82) is 0 Å². The highest BCUT2D eigenvalue weighted by molar-refractivity contribution is 6.36. The van der Waals surface area contributed by atoms with E-state index in [-0.39, 0.29) is 33.8 Å². The molecule has 31 heavy (non-hydrogen) atoms. The van der Waals surface area contributed by atoms with Crippen LogP contribution in [-0.4, -0.2) is 41.1 Å². The number of hydrogen-bond acceptors (Lipinski definition) is 4. The lowest BCUT2D eigenvalue weighted by Crippen LogP contribution is -2.50. The van der Waals surface area contributed by atoms with Crippen molar-refractivity contribution < 1.29 is 31.6 Å². The number of rotatable bonds is 4. The standard InChI is InChI=1S/C20H14Cl2F3N3O3/c1-19(9-11-2-4-15(5-3-11)31-20(23,24)25)17(30)27(18-26-10-16(29)28(18)19)14-7-12(21)6-13(22)8-14/h2-8H,9-10H2,1H3/t19-/m1/s1/i1D3,10+1,16+1. The van der Waals surface area contributed by atoms with E-state index in [9.17, 15) is 22.8 Å². The highest BCUT2D eigenvalue weighted by Crippen LogP contribution is 2.39. The average molecular weight is 477 g/mol. The van der Waals surface area contributed by atoms with Crippen LogP contribution >= 0.6 is 23.2 Å². The van der Waals surface area contributed by atoms with Gasteiger partial charge >= 0.3 is 6.36 Å². The minimum atomic E-state index is -4.91. The largest absolute Gasteiger partial charge is 0.573 e. The fourth-order valence-corrected chi connectivity index (χ4v) is 3.99. The van der Waals surface area contributed by atoms with Crippen LogP contribution < -0.4 is 9.64 Å². The molecule has 0 spiro atoms. The minimum absolute atomic E-state index is 0.112. The summed E-state index contributed by atoms with van der Waals surface area (Å²) in [6, 6.07) is 8.52. The summed E-state index contributed by atoms with van der Waals surface area (Å²) in [5, 5.41) is 0.330. The summed E-state index contributed by atoms with van der Waals surface area (Å²) < 4.78 is 65.8. The van der Waals surface area contributed by atoms with Gasteiger partial charge in [-0.2, -0.15) is 0 Å². The van der Waals surface area contributed by atoms with Crippen LogP contribution in [0.15, 0.2) is 47.5 Å². The van der Waals surface area contributed by atoms with Crippen LogP contribution in [0.5, 0.6) is 5.75 Å². The molecule has 162 valence electrons. The molecule has 2 amide bonds. The highest BCUT2D eigenvalue weighted by Gasteiger charge is 2.57. The Labute approximate surface area is 189 Å². The van der Waals surface area contributed by atoms with E-state index < -0.39 is 42.7 Å². The van der Waals surface area contributed by atoms with Crippen LogP contribution in [0.2, 0.25) is 10.0 Å². The number of carbonyl (C=O) groups excluding carboxylic acids is 2. The van der Waals surface area contributed by atoms with E-state index in [0.29, 0.717) is 0 Å². The lowest BCUT2D eigenvalue weighted by atomic mass is 9.92. The molecule has 2 aliphatic rings. The Morgan fingerprint density at radius 1 is 1.16 bits per heavy atom. The van der Waals surface area contributed by atoms with Gasteiger partial charge in [-0.25, -0.2) is 9.89 Å². The van der Waals surface area contributed by atoms with Gasteiger partial charge in [0.1, 0.15) is 17.8 Å². The number of ether oxygens (including phenoxy) is 1. The molecule has 0 radical (unpaired) electrons. The number of alkyl halides is 3. The zero-order valence-corrected chi connectivity index (χ0v) is 16.9. The Hall–Kier alpha value is -2.78. The lowest BCUT2D eigenvalue weighted by molar-refractivity contribution is -0.274. The first-order valence-electron chi connectivity index (χ1n) is 10.3. The second-order valence-electron chi connectivity index (χ2n) is 6.84. The van der Waals surface area contributed by atoms with Crippen LogP contribution in [0.4, 0.5) is 18.9 Å². The Morgan fingerprint density at radius 2 is 1.81 bits per heavy atom. The van der Waals surface area contributed by atoms with E-state index in [1.807, 2.05) is 0 Å². The van der Waals surface area contributed by atoms with Gasteiger partial charge in [-0.05, 0) is 42.7 Å². The quantitative estimate of drug-likeness (QED) is 0.612. The third-order valence-electron chi connectivity index (χ3n) is 4.67. The van der Waals surface area contributed by atoms with Gasteiger partial charge in [-0.3, -0.25) is 14.5 Å². The zero-order chi connectivity index (χ0) is 25.1. The Bertz CT molecular complexity index is 1190. The summed E-state index contributed by atoms with van der Waals surface area (Å²) in [5.74, 6) is -2.41. The molecule has 0 N–H and O–H groups in total. The highest BCUT2D eigenvalue weighted by atomic mass is 35.5. The van der Waals surface area contributed by atoms with Gasteiger partial charge in [-0.15, -0.1) is 13.2 Å².